The maximum Gasteiger partial charge on any atom is 0.136 e. The van der Waals surface area contributed by atoms with Gasteiger partial charge in [0.15, 0.2) is 0 Å². The Kier molecular flexibility index (Phi) is 3.02. The van der Waals surface area contributed by atoms with Gasteiger partial charge in [0.2, 0.25) is 0 Å². The van der Waals surface area contributed by atoms with Crippen molar-refractivity contribution in [2.24, 2.45) is 0 Å². The van der Waals surface area contributed by atoms with Crippen LogP contribution in [0.25, 0.3) is 0 Å². The minimum atomic E-state index is -0.237. The van der Waals surface area contributed by atoms with Crippen LogP contribution in [-0.4, -0.2) is 16.8 Å². The maximum absolute atomic E-state index is 10.7. The SMILES string of the molecule is C=C(Cl)CC1(C=O)CCCS1. The Labute approximate surface area is 76.2 Å². The predicted molar refractivity (Wildman–Crippen MR) is 50.1 cm³/mol. The summed E-state index contributed by atoms with van der Waals surface area (Å²) in [6, 6.07) is 0. The van der Waals surface area contributed by atoms with Gasteiger partial charge in [-0.25, -0.2) is 0 Å². The molecule has 0 aromatic rings. The van der Waals surface area contributed by atoms with E-state index in [1.807, 2.05) is 0 Å². The molecule has 11 heavy (non-hydrogen) atoms. The minimum absolute atomic E-state index is 0.237. The van der Waals surface area contributed by atoms with Gasteiger partial charge in [-0.1, -0.05) is 18.2 Å². The fourth-order valence-electron chi connectivity index (χ4n) is 1.32. The summed E-state index contributed by atoms with van der Waals surface area (Å²) in [5, 5.41) is 0.589. The predicted octanol–water partition coefficient (Wildman–Crippen LogP) is 2.59. The van der Waals surface area contributed by atoms with Crippen molar-refractivity contribution in [3.63, 3.8) is 0 Å². The molecule has 1 unspecified atom stereocenters. The van der Waals surface area contributed by atoms with Crippen molar-refractivity contribution in [2.75, 3.05) is 5.75 Å². The summed E-state index contributed by atoms with van der Waals surface area (Å²) in [6.45, 7) is 3.60. The van der Waals surface area contributed by atoms with E-state index in [0.717, 1.165) is 24.9 Å². The van der Waals surface area contributed by atoms with Crippen LogP contribution in [-0.2, 0) is 4.79 Å². The molecule has 1 nitrogen and oxygen atoms in total. The van der Waals surface area contributed by atoms with Crippen LogP contribution in [0.15, 0.2) is 11.6 Å². The fraction of sp³-hybridized carbons (Fsp3) is 0.625. The topological polar surface area (TPSA) is 17.1 Å². The van der Waals surface area contributed by atoms with Gasteiger partial charge in [-0.3, -0.25) is 0 Å². The van der Waals surface area contributed by atoms with Crippen molar-refractivity contribution in [3.05, 3.63) is 11.6 Å². The van der Waals surface area contributed by atoms with Crippen molar-refractivity contribution in [1.82, 2.24) is 0 Å². The van der Waals surface area contributed by atoms with Crippen LogP contribution in [0, 0.1) is 0 Å². The average Bonchev–Trinajstić information content (AvgIpc) is 2.36. The summed E-state index contributed by atoms with van der Waals surface area (Å²) < 4.78 is -0.237. The molecular formula is C8H11ClOS. The Hall–Kier alpha value is 0.0500. The van der Waals surface area contributed by atoms with E-state index in [9.17, 15) is 4.79 Å². The van der Waals surface area contributed by atoms with Gasteiger partial charge in [0.05, 0.1) is 4.75 Å². The van der Waals surface area contributed by atoms with Crippen molar-refractivity contribution in [1.29, 1.82) is 0 Å². The van der Waals surface area contributed by atoms with E-state index < -0.39 is 0 Å². The summed E-state index contributed by atoms with van der Waals surface area (Å²) in [5.74, 6) is 1.07. The summed E-state index contributed by atoms with van der Waals surface area (Å²) in [4.78, 5) is 10.7. The molecule has 0 spiro atoms. The van der Waals surface area contributed by atoms with Crippen LogP contribution in [0.2, 0.25) is 0 Å². The minimum Gasteiger partial charge on any atom is -0.302 e. The molecule has 1 saturated heterocycles. The highest BCUT2D eigenvalue weighted by molar-refractivity contribution is 8.01. The van der Waals surface area contributed by atoms with Gasteiger partial charge >= 0.3 is 0 Å². The molecule has 1 heterocycles. The third-order valence-corrected chi connectivity index (χ3v) is 3.49. The first kappa shape index (κ1) is 9.14. The van der Waals surface area contributed by atoms with Crippen LogP contribution < -0.4 is 0 Å². The average molecular weight is 191 g/mol. The van der Waals surface area contributed by atoms with E-state index in [2.05, 4.69) is 6.58 Å². The number of aldehydes is 1. The molecule has 0 aromatic carbocycles. The lowest BCUT2D eigenvalue weighted by atomic mass is 10.0. The second-order valence-corrected chi connectivity index (χ2v) is 4.87. The quantitative estimate of drug-likeness (QED) is 0.637. The number of carbonyl (C=O) groups excluding carboxylic acids is 1. The first-order valence-electron chi connectivity index (χ1n) is 3.62. The van der Waals surface area contributed by atoms with E-state index in [1.165, 1.54) is 0 Å². The Morgan fingerprint density at radius 2 is 2.55 bits per heavy atom. The van der Waals surface area contributed by atoms with Crippen molar-refractivity contribution in [2.45, 2.75) is 24.0 Å². The summed E-state index contributed by atoms with van der Waals surface area (Å²) in [6.07, 6.45) is 3.72. The highest BCUT2D eigenvalue weighted by Gasteiger charge is 2.34. The Morgan fingerprint density at radius 3 is 2.91 bits per heavy atom. The Morgan fingerprint density at radius 1 is 1.82 bits per heavy atom. The zero-order chi connectivity index (χ0) is 8.32. The molecule has 0 aromatic heterocycles. The molecule has 1 rings (SSSR count). The fourth-order valence-corrected chi connectivity index (χ4v) is 2.96. The number of hydrogen-bond acceptors (Lipinski definition) is 2. The summed E-state index contributed by atoms with van der Waals surface area (Å²) in [7, 11) is 0. The number of thioether (sulfide) groups is 1. The largest absolute Gasteiger partial charge is 0.302 e. The Balaban J connectivity index is 2.59. The molecule has 0 radical (unpaired) electrons. The second-order valence-electron chi connectivity index (χ2n) is 2.83. The lowest BCUT2D eigenvalue weighted by Gasteiger charge is -2.19. The van der Waals surface area contributed by atoms with Gasteiger partial charge in [-0.05, 0) is 18.6 Å². The van der Waals surface area contributed by atoms with Gasteiger partial charge in [-0.15, -0.1) is 11.8 Å². The molecule has 0 amide bonds. The number of halogens is 1. The molecular weight excluding hydrogens is 180 g/mol. The number of hydrogen-bond donors (Lipinski definition) is 0. The first-order valence-corrected chi connectivity index (χ1v) is 4.98. The standard InChI is InChI=1S/C8H11ClOS/c1-7(9)5-8(6-10)3-2-4-11-8/h6H,1-5H2. The van der Waals surface area contributed by atoms with Crippen molar-refractivity contribution < 1.29 is 4.79 Å². The van der Waals surface area contributed by atoms with Gasteiger partial charge in [-0.2, -0.15) is 0 Å². The van der Waals surface area contributed by atoms with E-state index in [1.54, 1.807) is 11.8 Å². The molecule has 1 aliphatic heterocycles. The van der Waals surface area contributed by atoms with Crippen LogP contribution >= 0.6 is 23.4 Å². The first-order chi connectivity index (χ1) is 5.18. The molecule has 1 fully saturated rings. The smallest absolute Gasteiger partial charge is 0.136 e. The molecule has 62 valence electrons. The number of allylic oxidation sites excluding steroid dienone is 1. The number of carbonyl (C=O) groups is 1. The van der Waals surface area contributed by atoms with Gasteiger partial charge < -0.3 is 4.79 Å². The molecule has 0 saturated carbocycles. The third kappa shape index (κ3) is 2.24. The zero-order valence-corrected chi connectivity index (χ0v) is 7.88. The molecule has 1 atom stereocenters. The van der Waals surface area contributed by atoms with Crippen molar-refractivity contribution >= 4 is 29.6 Å². The maximum atomic E-state index is 10.7. The molecule has 1 aliphatic rings. The Bertz CT molecular complexity index is 173. The zero-order valence-electron chi connectivity index (χ0n) is 6.31. The van der Waals surface area contributed by atoms with Crippen LogP contribution in [0.5, 0.6) is 0 Å². The van der Waals surface area contributed by atoms with E-state index in [4.69, 9.17) is 11.6 Å². The molecule has 0 aliphatic carbocycles. The van der Waals surface area contributed by atoms with Crippen LogP contribution in [0.3, 0.4) is 0 Å². The third-order valence-electron chi connectivity index (χ3n) is 1.84. The highest BCUT2D eigenvalue weighted by atomic mass is 35.5. The van der Waals surface area contributed by atoms with E-state index >= 15 is 0 Å². The van der Waals surface area contributed by atoms with Gasteiger partial charge in [0.25, 0.3) is 0 Å². The molecule has 0 bridgehead atoms. The highest BCUT2D eigenvalue weighted by Crippen LogP contribution is 2.41. The van der Waals surface area contributed by atoms with Crippen LogP contribution in [0.1, 0.15) is 19.3 Å². The van der Waals surface area contributed by atoms with E-state index in [-0.39, 0.29) is 4.75 Å². The summed E-state index contributed by atoms with van der Waals surface area (Å²) >= 11 is 7.36. The monoisotopic (exact) mass is 190 g/mol. The summed E-state index contributed by atoms with van der Waals surface area (Å²) in [5.41, 5.74) is 0. The lowest BCUT2D eigenvalue weighted by Crippen LogP contribution is -2.22. The number of rotatable bonds is 3. The lowest BCUT2D eigenvalue weighted by molar-refractivity contribution is -0.109. The molecule has 0 N–H and O–H groups in total. The normalized spacial score (nSPS) is 30.3. The van der Waals surface area contributed by atoms with Gasteiger partial charge in [0, 0.05) is 11.5 Å². The van der Waals surface area contributed by atoms with Crippen molar-refractivity contribution in [3.8, 4) is 0 Å². The van der Waals surface area contributed by atoms with Gasteiger partial charge in [0.1, 0.15) is 6.29 Å². The molecule has 3 heteroatoms. The second kappa shape index (κ2) is 3.63. The van der Waals surface area contributed by atoms with Crippen LogP contribution in [0.4, 0.5) is 0 Å². The van der Waals surface area contributed by atoms with E-state index in [0.29, 0.717) is 11.5 Å².